The van der Waals surface area contributed by atoms with Crippen molar-refractivity contribution in [2.75, 3.05) is 17.3 Å². The molecule has 0 fully saturated rings. The summed E-state index contributed by atoms with van der Waals surface area (Å²) >= 11 is 0. The van der Waals surface area contributed by atoms with Crippen molar-refractivity contribution >= 4 is 28.8 Å². The summed E-state index contributed by atoms with van der Waals surface area (Å²) in [5.74, 6) is -1.12. The molecule has 1 aromatic heterocycles. The SMILES string of the molecule is CN(c1ccc([N+](=O)[O-])cc1)c1ncc(C(F)(F)F)c(Nc2ccc(F)cc2)n1. The molecule has 29 heavy (non-hydrogen) atoms. The molecule has 0 unspecified atom stereocenters. The van der Waals surface area contributed by atoms with Crippen molar-refractivity contribution < 1.29 is 22.5 Å². The number of nitrogens with zero attached hydrogens (tertiary/aromatic N) is 4. The molecule has 11 heteroatoms. The van der Waals surface area contributed by atoms with Crippen LogP contribution in [0, 0.1) is 15.9 Å². The van der Waals surface area contributed by atoms with Crippen LogP contribution >= 0.6 is 0 Å². The fourth-order valence-corrected chi connectivity index (χ4v) is 2.42. The average molecular weight is 407 g/mol. The lowest BCUT2D eigenvalue weighted by Gasteiger charge is -2.20. The van der Waals surface area contributed by atoms with Crippen molar-refractivity contribution in [2.24, 2.45) is 0 Å². The molecule has 0 bridgehead atoms. The number of nitrogens with one attached hydrogen (secondary N) is 1. The second kappa shape index (κ2) is 7.70. The van der Waals surface area contributed by atoms with Gasteiger partial charge in [0, 0.05) is 36.8 Å². The molecule has 2 aromatic carbocycles. The van der Waals surface area contributed by atoms with E-state index < -0.39 is 28.3 Å². The van der Waals surface area contributed by atoms with Gasteiger partial charge in [0.25, 0.3) is 5.69 Å². The van der Waals surface area contributed by atoms with E-state index in [0.717, 1.165) is 12.1 Å². The zero-order valence-corrected chi connectivity index (χ0v) is 14.8. The van der Waals surface area contributed by atoms with Crippen molar-refractivity contribution in [2.45, 2.75) is 6.18 Å². The van der Waals surface area contributed by atoms with Gasteiger partial charge in [0.2, 0.25) is 5.95 Å². The van der Waals surface area contributed by atoms with Gasteiger partial charge in [0.15, 0.2) is 0 Å². The number of nitro benzene ring substituents is 1. The van der Waals surface area contributed by atoms with Crippen LogP contribution in [0.3, 0.4) is 0 Å². The number of anilines is 4. The number of hydrogen-bond donors (Lipinski definition) is 1. The van der Waals surface area contributed by atoms with E-state index in [4.69, 9.17) is 0 Å². The summed E-state index contributed by atoms with van der Waals surface area (Å²) < 4.78 is 53.0. The molecule has 0 atom stereocenters. The highest BCUT2D eigenvalue weighted by Crippen LogP contribution is 2.36. The molecular weight excluding hydrogens is 394 g/mol. The van der Waals surface area contributed by atoms with Crippen molar-refractivity contribution in [1.82, 2.24) is 9.97 Å². The summed E-state index contributed by atoms with van der Waals surface area (Å²) in [6.07, 6.45) is -4.08. The highest BCUT2D eigenvalue weighted by Gasteiger charge is 2.35. The third-order valence-electron chi connectivity index (χ3n) is 3.94. The number of non-ortho nitro benzene ring substituents is 1. The summed E-state index contributed by atoms with van der Waals surface area (Å²) in [7, 11) is 1.51. The van der Waals surface area contributed by atoms with Crippen LogP contribution in [0.1, 0.15) is 5.56 Å². The highest BCUT2D eigenvalue weighted by atomic mass is 19.4. The number of halogens is 4. The van der Waals surface area contributed by atoms with E-state index in [1.54, 1.807) is 0 Å². The number of hydrogen-bond acceptors (Lipinski definition) is 6. The molecule has 0 amide bonds. The minimum absolute atomic E-state index is 0.0727. The molecule has 0 aliphatic carbocycles. The van der Waals surface area contributed by atoms with Crippen molar-refractivity contribution in [3.05, 3.63) is 76.2 Å². The van der Waals surface area contributed by atoms with Crippen LogP contribution < -0.4 is 10.2 Å². The minimum Gasteiger partial charge on any atom is -0.340 e. The molecule has 1 N–H and O–H groups in total. The predicted octanol–water partition coefficient (Wildman–Crippen LogP) is 5.05. The van der Waals surface area contributed by atoms with E-state index >= 15 is 0 Å². The van der Waals surface area contributed by atoms with Crippen LogP contribution in [0.4, 0.5) is 46.4 Å². The summed E-state index contributed by atoms with van der Waals surface area (Å²) in [5.41, 5.74) is -0.584. The second-order valence-corrected chi connectivity index (χ2v) is 5.89. The van der Waals surface area contributed by atoms with Gasteiger partial charge < -0.3 is 10.2 Å². The lowest BCUT2D eigenvalue weighted by molar-refractivity contribution is -0.384. The Morgan fingerprint density at radius 2 is 1.69 bits per heavy atom. The highest BCUT2D eigenvalue weighted by molar-refractivity contribution is 5.64. The van der Waals surface area contributed by atoms with Gasteiger partial charge in [0.1, 0.15) is 17.2 Å². The van der Waals surface area contributed by atoms with Crippen LogP contribution in [-0.4, -0.2) is 21.9 Å². The molecule has 0 aliphatic heterocycles. The molecule has 0 saturated carbocycles. The lowest BCUT2D eigenvalue weighted by Crippen LogP contribution is -2.17. The fraction of sp³-hybridized carbons (Fsp3) is 0.111. The average Bonchev–Trinajstić information content (AvgIpc) is 2.68. The fourth-order valence-electron chi connectivity index (χ4n) is 2.42. The molecule has 3 rings (SSSR count). The standard InChI is InChI=1S/C18H13F4N5O2/c1-26(13-6-8-14(9-7-13)27(28)29)17-23-10-15(18(20,21)22)16(25-17)24-12-4-2-11(19)3-5-12/h2-10H,1H3,(H,23,24,25). The number of rotatable bonds is 5. The Bertz CT molecular complexity index is 1020. The summed E-state index contributed by atoms with van der Waals surface area (Å²) in [4.78, 5) is 19.3. The number of alkyl halides is 3. The zero-order chi connectivity index (χ0) is 21.2. The molecule has 0 spiro atoms. The van der Waals surface area contributed by atoms with Crippen LogP contribution in [0.5, 0.6) is 0 Å². The van der Waals surface area contributed by atoms with E-state index in [0.29, 0.717) is 11.9 Å². The van der Waals surface area contributed by atoms with Gasteiger partial charge in [-0.3, -0.25) is 10.1 Å². The maximum atomic E-state index is 13.3. The Hall–Kier alpha value is -3.76. The van der Waals surface area contributed by atoms with Gasteiger partial charge in [-0.15, -0.1) is 0 Å². The first-order valence-corrected chi connectivity index (χ1v) is 8.10. The van der Waals surface area contributed by atoms with Gasteiger partial charge in [0.05, 0.1) is 4.92 Å². The van der Waals surface area contributed by atoms with Crippen molar-refractivity contribution in [1.29, 1.82) is 0 Å². The van der Waals surface area contributed by atoms with E-state index in [1.165, 1.54) is 48.3 Å². The van der Waals surface area contributed by atoms with Gasteiger partial charge in [-0.1, -0.05) is 0 Å². The minimum atomic E-state index is -4.72. The van der Waals surface area contributed by atoms with Crippen LogP contribution in [0.25, 0.3) is 0 Å². The second-order valence-electron chi connectivity index (χ2n) is 5.89. The normalized spacial score (nSPS) is 11.2. The van der Waals surface area contributed by atoms with E-state index in [-0.39, 0.29) is 17.3 Å². The largest absolute Gasteiger partial charge is 0.421 e. The van der Waals surface area contributed by atoms with E-state index in [1.807, 2.05) is 0 Å². The number of benzene rings is 2. The topological polar surface area (TPSA) is 84.2 Å². The Morgan fingerprint density at radius 1 is 1.07 bits per heavy atom. The zero-order valence-electron chi connectivity index (χ0n) is 14.8. The van der Waals surface area contributed by atoms with E-state index in [9.17, 15) is 27.7 Å². The Labute approximate surface area is 161 Å². The monoisotopic (exact) mass is 407 g/mol. The molecule has 0 aliphatic rings. The quantitative estimate of drug-likeness (QED) is 0.362. The molecular formula is C18H13F4N5O2. The predicted molar refractivity (Wildman–Crippen MR) is 97.9 cm³/mol. The van der Waals surface area contributed by atoms with Gasteiger partial charge in [-0.05, 0) is 36.4 Å². The third kappa shape index (κ3) is 4.57. The summed E-state index contributed by atoms with van der Waals surface area (Å²) in [6.45, 7) is 0. The Morgan fingerprint density at radius 3 is 2.24 bits per heavy atom. The van der Waals surface area contributed by atoms with Crippen LogP contribution in [0.2, 0.25) is 0 Å². The lowest BCUT2D eigenvalue weighted by atomic mass is 10.2. The van der Waals surface area contributed by atoms with Crippen molar-refractivity contribution in [3.8, 4) is 0 Å². The third-order valence-corrected chi connectivity index (χ3v) is 3.94. The number of aromatic nitrogens is 2. The maximum Gasteiger partial charge on any atom is 0.421 e. The van der Waals surface area contributed by atoms with E-state index in [2.05, 4.69) is 15.3 Å². The Kier molecular flexibility index (Phi) is 5.31. The summed E-state index contributed by atoms with van der Waals surface area (Å²) in [6, 6.07) is 10.1. The molecule has 0 radical (unpaired) electrons. The van der Waals surface area contributed by atoms with Gasteiger partial charge in [-0.2, -0.15) is 18.2 Å². The van der Waals surface area contributed by atoms with Crippen molar-refractivity contribution in [3.63, 3.8) is 0 Å². The summed E-state index contributed by atoms with van der Waals surface area (Å²) in [5, 5.41) is 13.3. The van der Waals surface area contributed by atoms with Crippen LogP contribution in [-0.2, 0) is 6.18 Å². The smallest absolute Gasteiger partial charge is 0.340 e. The molecule has 7 nitrogen and oxygen atoms in total. The first kappa shape index (κ1) is 20.0. The van der Waals surface area contributed by atoms with Gasteiger partial charge in [-0.25, -0.2) is 9.37 Å². The Balaban J connectivity index is 1.97. The molecule has 150 valence electrons. The maximum absolute atomic E-state index is 13.3. The molecule has 1 heterocycles. The number of nitro groups is 1. The molecule has 0 saturated heterocycles. The first-order valence-electron chi connectivity index (χ1n) is 8.10. The van der Waals surface area contributed by atoms with Gasteiger partial charge >= 0.3 is 6.18 Å². The van der Waals surface area contributed by atoms with Crippen LogP contribution in [0.15, 0.2) is 54.7 Å². The molecule has 3 aromatic rings. The first-order chi connectivity index (χ1) is 13.6.